The highest BCUT2D eigenvalue weighted by Gasteiger charge is 2.31. The molecule has 0 saturated heterocycles. The molecule has 1 aliphatic carbocycles. The van der Waals surface area contributed by atoms with Gasteiger partial charge in [0.05, 0.1) is 0 Å². The molecule has 4 heteroatoms. The maximum absolute atomic E-state index is 12.9. The maximum Gasteiger partial charge on any atom is 0.163 e. The Hall–Kier alpha value is -1.45. The van der Waals surface area contributed by atoms with E-state index in [-0.39, 0.29) is 17.6 Å². The Balaban J connectivity index is 1.88. The number of hydrogen-bond acceptors (Lipinski definition) is 2. The summed E-state index contributed by atoms with van der Waals surface area (Å²) in [7, 11) is 0. The zero-order chi connectivity index (χ0) is 19.2. The molecule has 2 aromatic carbocycles. The Kier molecular flexibility index (Phi) is 7.26. The molecule has 0 bridgehead atoms. The summed E-state index contributed by atoms with van der Waals surface area (Å²) in [5.74, 6) is 0.218. The van der Waals surface area contributed by atoms with Crippen molar-refractivity contribution in [2.24, 2.45) is 5.92 Å². The van der Waals surface area contributed by atoms with Crippen LogP contribution < -0.4 is 0 Å². The highest BCUT2D eigenvalue weighted by Crippen LogP contribution is 2.36. The molecule has 142 valence electrons. The van der Waals surface area contributed by atoms with Crippen LogP contribution in [0.15, 0.2) is 53.0 Å². The molecule has 1 saturated carbocycles. The molecule has 0 spiro atoms. The summed E-state index contributed by atoms with van der Waals surface area (Å²) < 4.78 is 0.998. The van der Waals surface area contributed by atoms with Crippen molar-refractivity contribution in [3.8, 4) is 0 Å². The van der Waals surface area contributed by atoms with E-state index in [2.05, 4.69) is 15.9 Å². The summed E-state index contributed by atoms with van der Waals surface area (Å²) in [6, 6.07) is 15.1. The van der Waals surface area contributed by atoms with Crippen LogP contribution in [-0.2, 0) is 4.79 Å². The van der Waals surface area contributed by atoms with E-state index in [4.69, 9.17) is 11.6 Å². The van der Waals surface area contributed by atoms with Crippen molar-refractivity contribution in [2.45, 2.75) is 50.9 Å². The molecule has 3 rings (SSSR count). The topological polar surface area (TPSA) is 34.1 Å². The predicted octanol–water partition coefficient (Wildman–Crippen LogP) is 7.00. The third kappa shape index (κ3) is 5.52. The SMILES string of the molecule is O=C(C[C@H](c1ccc(Br)cc1)[C@H]1CCCCCCC1=O)c1ccc(Cl)cc1. The Morgan fingerprint density at radius 1 is 1.00 bits per heavy atom. The lowest BCUT2D eigenvalue weighted by atomic mass is 9.75. The molecule has 0 radical (unpaired) electrons. The van der Waals surface area contributed by atoms with Crippen LogP contribution in [-0.4, -0.2) is 11.6 Å². The van der Waals surface area contributed by atoms with Crippen molar-refractivity contribution < 1.29 is 9.59 Å². The molecule has 0 amide bonds. The molecule has 27 heavy (non-hydrogen) atoms. The van der Waals surface area contributed by atoms with Crippen molar-refractivity contribution in [2.75, 3.05) is 0 Å². The standard InChI is InChI=1S/C23H24BrClO2/c24-18-11-7-16(8-12-18)21(20-5-3-1-2-4-6-22(20)26)15-23(27)17-9-13-19(25)14-10-17/h7-14,20-21H,1-6,15H2/t20-,21-/m1/s1. The van der Waals surface area contributed by atoms with Crippen LogP contribution in [0.2, 0.25) is 5.02 Å². The summed E-state index contributed by atoms with van der Waals surface area (Å²) in [5.41, 5.74) is 1.72. The zero-order valence-corrected chi connectivity index (χ0v) is 17.6. The quantitative estimate of drug-likeness (QED) is 0.462. The lowest BCUT2D eigenvalue weighted by Gasteiger charge is -2.28. The fourth-order valence-corrected chi connectivity index (χ4v) is 4.34. The van der Waals surface area contributed by atoms with Gasteiger partial charge < -0.3 is 0 Å². The van der Waals surface area contributed by atoms with E-state index >= 15 is 0 Å². The number of hydrogen-bond donors (Lipinski definition) is 0. The van der Waals surface area contributed by atoms with Gasteiger partial charge in [0.1, 0.15) is 5.78 Å². The van der Waals surface area contributed by atoms with E-state index in [9.17, 15) is 9.59 Å². The number of rotatable bonds is 5. The van der Waals surface area contributed by atoms with Crippen molar-refractivity contribution in [3.63, 3.8) is 0 Å². The summed E-state index contributed by atoms with van der Waals surface area (Å²) in [5, 5.41) is 0.617. The van der Waals surface area contributed by atoms with Crippen LogP contribution in [0.3, 0.4) is 0 Å². The predicted molar refractivity (Wildman–Crippen MR) is 113 cm³/mol. The summed E-state index contributed by atoms with van der Waals surface area (Å²) in [6.07, 6.45) is 6.17. The van der Waals surface area contributed by atoms with Gasteiger partial charge in [-0.05, 0) is 54.8 Å². The first-order valence-electron chi connectivity index (χ1n) is 9.61. The number of halogens is 2. The highest BCUT2D eigenvalue weighted by molar-refractivity contribution is 9.10. The van der Waals surface area contributed by atoms with Gasteiger partial charge in [-0.3, -0.25) is 9.59 Å². The van der Waals surface area contributed by atoms with Gasteiger partial charge in [-0.1, -0.05) is 58.9 Å². The minimum Gasteiger partial charge on any atom is -0.299 e. The Morgan fingerprint density at radius 2 is 1.67 bits per heavy atom. The number of carbonyl (C=O) groups is 2. The molecular weight excluding hydrogens is 424 g/mol. The summed E-state index contributed by atoms with van der Waals surface area (Å²) >= 11 is 9.42. The van der Waals surface area contributed by atoms with Crippen LogP contribution >= 0.6 is 27.5 Å². The molecule has 2 nitrogen and oxygen atoms in total. The molecule has 0 aromatic heterocycles. The lowest BCUT2D eigenvalue weighted by Crippen LogP contribution is -2.26. The second kappa shape index (κ2) is 9.66. The molecule has 0 N–H and O–H groups in total. The van der Waals surface area contributed by atoms with E-state index in [1.807, 2.05) is 24.3 Å². The Bertz CT molecular complexity index is 783. The van der Waals surface area contributed by atoms with E-state index < -0.39 is 0 Å². The first kappa shape index (κ1) is 20.3. The van der Waals surface area contributed by atoms with Gasteiger partial charge in [0.2, 0.25) is 0 Å². The van der Waals surface area contributed by atoms with Crippen molar-refractivity contribution in [3.05, 3.63) is 69.2 Å². The molecule has 2 aromatic rings. The van der Waals surface area contributed by atoms with Gasteiger partial charge in [-0.15, -0.1) is 0 Å². The van der Waals surface area contributed by atoms with Crippen molar-refractivity contribution >= 4 is 39.1 Å². The number of Topliss-reactive ketones (excluding diaryl/α,β-unsaturated/α-hetero) is 2. The fourth-order valence-electron chi connectivity index (χ4n) is 3.94. The average molecular weight is 448 g/mol. The van der Waals surface area contributed by atoms with E-state index in [1.165, 1.54) is 6.42 Å². The summed E-state index contributed by atoms with van der Waals surface area (Å²) in [6.45, 7) is 0. The first-order chi connectivity index (χ1) is 13.0. The fraction of sp³-hybridized carbons (Fsp3) is 0.391. The van der Waals surface area contributed by atoms with E-state index in [0.717, 1.165) is 35.7 Å². The van der Waals surface area contributed by atoms with Gasteiger partial charge >= 0.3 is 0 Å². The van der Waals surface area contributed by atoms with Crippen LogP contribution in [0.25, 0.3) is 0 Å². The third-order valence-corrected chi connectivity index (χ3v) is 6.24. The Labute approximate surface area is 174 Å². The van der Waals surface area contributed by atoms with E-state index in [0.29, 0.717) is 29.2 Å². The van der Waals surface area contributed by atoms with Gasteiger partial charge in [0.25, 0.3) is 0 Å². The highest BCUT2D eigenvalue weighted by atomic mass is 79.9. The molecule has 0 unspecified atom stereocenters. The van der Waals surface area contributed by atoms with Crippen LogP contribution in [0.4, 0.5) is 0 Å². The average Bonchev–Trinajstić information content (AvgIpc) is 2.65. The molecule has 0 heterocycles. The van der Waals surface area contributed by atoms with E-state index in [1.54, 1.807) is 24.3 Å². The minimum atomic E-state index is -0.0808. The smallest absolute Gasteiger partial charge is 0.163 e. The first-order valence-corrected chi connectivity index (χ1v) is 10.8. The molecule has 1 aliphatic rings. The van der Waals surface area contributed by atoms with Crippen molar-refractivity contribution in [1.82, 2.24) is 0 Å². The van der Waals surface area contributed by atoms with Crippen LogP contribution in [0.1, 0.15) is 66.8 Å². The van der Waals surface area contributed by atoms with Gasteiger partial charge in [0, 0.05) is 39.7 Å². The van der Waals surface area contributed by atoms with Crippen molar-refractivity contribution in [1.29, 1.82) is 0 Å². The number of ketones is 2. The largest absolute Gasteiger partial charge is 0.299 e. The Morgan fingerprint density at radius 3 is 2.37 bits per heavy atom. The third-order valence-electron chi connectivity index (χ3n) is 5.46. The molecule has 2 atom stereocenters. The minimum absolute atomic E-state index is 0.0643. The monoisotopic (exact) mass is 446 g/mol. The van der Waals surface area contributed by atoms with Gasteiger partial charge in [-0.25, -0.2) is 0 Å². The second-order valence-electron chi connectivity index (χ2n) is 7.32. The number of benzene rings is 2. The van der Waals surface area contributed by atoms with Crippen LogP contribution in [0, 0.1) is 5.92 Å². The zero-order valence-electron chi connectivity index (χ0n) is 15.3. The maximum atomic E-state index is 12.9. The van der Waals surface area contributed by atoms with Gasteiger partial charge in [0.15, 0.2) is 5.78 Å². The molecule has 1 fully saturated rings. The molecule has 0 aliphatic heterocycles. The molecular formula is C23H24BrClO2. The summed E-state index contributed by atoms with van der Waals surface area (Å²) in [4.78, 5) is 25.8. The second-order valence-corrected chi connectivity index (χ2v) is 8.67. The van der Waals surface area contributed by atoms with Crippen LogP contribution in [0.5, 0.6) is 0 Å². The normalized spacial score (nSPS) is 19.2. The number of carbonyl (C=O) groups excluding carboxylic acids is 2. The lowest BCUT2D eigenvalue weighted by molar-refractivity contribution is -0.124. The van der Waals surface area contributed by atoms with Gasteiger partial charge in [-0.2, -0.15) is 0 Å².